The van der Waals surface area contributed by atoms with Gasteiger partial charge >= 0.3 is 0 Å². The Morgan fingerprint density at radius 3 is 1.90 bits per heavy atom. The molecule has 3 nitrogen and oxygen atoms in total. The molecule has 2 bridgehead atoms. The zero-order valence-electron chi connectivity index (χ0n) is 28.7. The molecule has 0 N–H and O–H groups in total. The van der Waals surface area contributed by atoms with E-state index in [2.05, 4.69) is 146 Å². The van der Waals surface area contributed by atoms with Crippen molar-refractivity contribution >= 4 is 15.9 Å². The first-order valence-electron chi connectivity index (χ1n) is 17.8. The predicted octanol–water partition coefficient (Wildman–Crippen LogP) is 11.8. The second kappa shape index (κ2) is 12.6. The highest BCUT2D eigenvalue weighted by molar-refractivity contribution is 9.10. The van der Waals surface area contributed by atoms with Gasteiger partial charge in [0.15, 0.2) is 11.6 Å². The molecule has 1 aromatic heterocycles. The van der Waals surface area contributed by atoms with Gasteiger partial charge in [0, 0.05) is 21.0 Å². The van der Waals surface area contributed by atoms with Crippen LogP contribution in [0.4, 0.5) is 0 Å². The van der Waals surface area contributed by atoms with Crippen LogP contribution in [0, 0.1) is 11.8 Å². The average molecular weight is 707 g/mol. The lowest BCUT2D eigenvalue weighted by Crippen LogP contribution is -2.48. The van der Waals surface area contributed by atoms with Crippen molar-refractivity contribution in [1.29, 1.82) is 0 Å². The molecule has 246 valence electrons. The van der Waals surface area contributed by atoms with Crippen molar-refractivity contribution in [3.05, 3.63) is 149 Å². The van der Waals surface area contributed by atoms with E-state index in [1.807, 2.05) is 18.2 Å². The van der Waals surface area contributed by atoms with Crippen LogP contribution in [0.5, 0.6) is 0 Å². The third-order valence-corrected chi connectivity index (χ3v) is 12.1. The monoisotopic (exact) mass is 705 g/mol. The van der Waals surface area contributed by atoms with Gasteiger partial charge in [-0.15, -0.1) is 0 Å². The molecule has 49 heavy (non-hydrogen) atoms. The van der Waals surface area contributed by atoms with Crippen LogP contribution in [0.2, 0.25) is 0 Å². The van der Waals surface area contributed by atoms with Crippen molar-refractivity contribution < 1.29 is 0 Å². The van der Waals surface area contributed by atoms with Crippen LogP contribution in [0.15, 0.2) is 132 Å². The summed E-state index contributed by atoms with van der Waals surface area (Å²) in [5.41, 5.74) is 7.57. The zero-order chi connectivity index (χ0) is 33.6. The third kappa shape index (κ3) is 6.25. The van der Waals surface area contributed by atoms with Gasteiger partial charge in [0.05, 0.1) is 0 Å². The van der Waals surface area contributed by atoms with E-state index in [1.165, 1.54) is 54.4 Å². The summed E-state index contributed by atoms with van der Waals surface area (Å²) in [6.45, 7) is 7.20. The molecule has 0 aliphatic heterocycles. The molecule has 5 unspecified atom stereocenters. The lowest BCUT2D eigenvalue weighted by molar-refractivity contribution is 0.0592. The number of fused-ring (bicyclic) bond motifs is 2. The minimum atomic E-state index is -0.276. The number of aromatic nitrogens is 3. The molecule has 0 spiro atoms. The highest BCUT2D eigenvalue weighted by Crippen LogP contribution is 2.58. The summed E-state index contributed by atoms with van der Waals surface area (Å²) >= 11 is 3.65. The standard InChI is InChI=1S/C45H44BrN3/c1-31-26-32-28-44(3,37-20-22-39(46)23-21-37)30-45(27-31,29-32)38-18-16-34(17-19-38)33-12-14-36(15-13-33)41-47-40(35-10-6-4-7-11-35)48-42(49-41)43(2)24-8-5-9-25-43/h4-24,31-32H,25-30H2,1-3H3. The largest absolute Gasteiger partial charge is 0.212 e. The van der Waals surface area contributed by atoms with E-state index in [0.717, 1.165) is 39.7 Å². The molecule has 4 heteroatoms. The topological polar surface area (TPSA) is 38.7 Å². The van der Waals surface area contributed by atoms with E-state index in [0.29, 0.717) is 11.6 Å². The summed E-state index contributed by atoms with van der Waals surface area (Å²) in [5, 5.41) is 0. The van der Waals surface area contributed by atoms with Crippen LogP contribution in [0.1, 0.15) is 76.2 Å². The molecule has 3 aliphatic carbocycles. The Labute approximate surface area is 299 Å². The fourth-order valence-corrected chi connectivity index (χ4v) is 9.67. The van der Waals surface area contributed by atoms with Crippen LogP contribution in [0.25, 0.3) is 33.9 Å². The van der Waals surface area contributed by atoms with Gasteiger partial charge in [0.1, 0.15) is 5.82 Å². The van der Waals surface area contributed by atoms with Gasteiger partial charge < -0.3 is 0 Å². The molecule has 2 saturated carbocycles. The van der Waals surface area contributed by atoms with Crippen molar-refractivity contribution in [1.82, 2.24) is 15.0 Å². The molecular weight excluding hydrogens is 662 g/mol. The van der Waals surface area contributed by atoms with Crippen molar-refractivity contribution in [2.24, 2.45) is 11.8 Å². The van der Waals surface area contributed by atoms with E-state index in [-0.39, 0.29) is 16.2 Å². The number of allylic oxidation sites excluding steroid dienone is 4. The van der Waals surface area contributed by atoms with Crippen LogP contribution < -0.4 is 0 Å². The Kier molecular flexibility index (Phi) is 8.27. The van der Waals surface area contributed by atoms with Crippen LogP contribution in [0.3, 0.4) is 0 Å². The van der Waals surface area contributed by atoms with Gasteiger partial charge in [-0.05, 0) is 103 Å². The van der Waals surface area contributed by atoms with Crippen molar-refractivity contribution in [3.8, 4) is 33.9 Å². The maximum Gasteiger partial charge on any atom is 0.163 e. The quantitative estimate of drug-likeness (QED) is 0.176. The summed E-state index contributed by atoms with van der Waals surface area (Å²) < 4.78 is 1.15. The van der Waals surface area contributed by atoms with Gasteiger partial charge in [-0.1, -0.05) is 145 Å². The molecule has 4 aromatic carbocycles. The van der Waals surface area contributed by atoms with E-state index in [9.17, 15) is 0 Å². The number of rotatable bonds is 6. The molecule has 8 rings (SSSR count). The first-order chi connectivity index (χ1) is 23.7. The molecular formula is C45H44BrN3. The Morgan fingerprint density at radius 2 is 1.24 bits per heavy atom. The molecule has 2 fully saturated rings. The number of hydrogen-bond acceptors (Lipinski definition) is 3. The van der Waals surface area contributed by atoms with E-state index >= 15 is 0 Å². The van der Waals surface area contributed by atoms with Gasteiger partial charge in [-0.3, -0.25) is 0 Å². The normalized spacial score (nSPS) is 27.6. The number of hydrogen-bond donors (Lipinski definition) is 0. The maximum atomic E-state index is 5.05. The van der Waals surface area contributed by atoms with Crippen molar-refractivity contribution in [2.75, 3.05) is 0 Å². The zero-order valence-corrected chi connectivity index (χ0v) is 30.3. The minimum absolute atomic E-state index is 0.189. The van der Waals surface area contributed by atoms with Gasteiger partial charge in [-0.25, -0.2) is 15.0 Å². The molecule has 1 heterocycles. The first-order valence-corrected chi connectivity index (χ1v) is 18.6. The van der Waals surface area contributed by atoms with E-state index in [1.54, 1.807) is 0 Å². The Balaban J connectivity index is 1.09. The van der Waals surface area contributed by atoms with Crippen LogP contribution in [-0.4, -0.2) is 15.0 Å². The second-order valence-corrected chi connectivity index (χ2v) is 16.5. The van der Waals surface area contributed by atoms with Gasteiger partial charge in [0.2, 0.25) is 0 Å². The van der Waals surface area contributed by atoms with Crippen LogP contribution >= 0.6 is 15.9 Å². The summed E-state index contributed by atoms with van der Waals surface area (Å²) in [6, 6.07) is 37.6. The molecule has 0 radical (unpaired) electrons. The first kappa shape index (κ1) is 32.1. The van der Waals surface area contributed by atoms with Gasteiger partial charge in [-0.2, -0.15) is 0 Å². The predicted molar refractivity (Wildman–Crippen MR) is 205 cm³/mol. The smallest absolute Gasteiger partial charge is 0.163 e. The number of halogens is 1. The van der Waals surface area contributed by atoms with Crippen molar-refractivity contribution in [2.45, 2.75) is 75.5 Å². The van der Waals surface area contributed by atoms with Crippen molar-refractivity contribution in [3.63, 3.8) is 0 Å². The lowest BCUT2D eigenvalue weighted by Gasteiger charge is -2.55. The molecule has 3 aliphatic rings. The molecule has 0 saturated heterocycles. The Bertz CT molecular complexity index is 2010. The highest BCUT2D eigenvalue weighted by Gasteiger charge is 2.51. The van der Waals surface area contributed by atoms with E-state index in [4.69, 9.17) is 15.0 Å². The fraction of sp³-hybridized carbons (Fsp3) is 0.311. The molecule has 5 aromatic rings. The Morgan fingerprint density at radius 1 is 0.633 bits per heavy atom. The third-order valence-electron chi connectivity index (χ3n) is 11.6. The van der Waals surface area contributed by atoms with Crippen LogP contribution in [-0.2, 0) is 16.2 Å². The SMILES string of the molecule is CC1CC2CC(C)(c3ccc(Br)cc3)CC(c3ccc(-c4ccc(-c5nc(-c6ccccc6)nc(C6(C)C=CC=CC6)n5)cc4)cc3)(C1)C2. The summed E-state index contributed by atoms with van der Waals surface area (Å²) in [6.07, 6.45) is 15.9. The number of benzene rings is 4. The molecule has 5 atom stereocenters. The highest BCUT2D eigenvalue weighted by atomic mass is 79.9. The average Bonchev–Trinajstić information content (AvgIpc) is 3.12. The Hall–Kier alpha value is -4.15. The van der Waals surface area contributed by atoms with E-state index < -0.39 is 0 Å². The number of nitrogens with zero attached hydrogens (tertiary/aromatic N) is 3. The maximum absolute atomic E-state index is 5.05. The lowest BCUT2D eigenvalue weighted by atomic mass is 9.49. The molecule has 0 amide bonds. The second-order valence-electron chi connectivity index (χ2n) is 15.6. The summed E-state index contributed by atoms with van der Waals surface area (Å²) in [5.74, 6) is 3.74. The fourth-order valence-electron chi connectivity index (χ4n) is 9.40. The summed E-state index contributed by atoms with van der Waals surface area (Å²) in [7, 11) is 0. The van der Waals surface area contributed by atoms with Gasteiger partial charge in [0.25, 0.3) is 0 Å². The minimum Gasteiger partial charge on any atom is -0.212 e. The summed E-state index contributed by atoms with van der Waals surface area (Å²) in [4.78, 5) is 15.0.